The SMILES string of the molecule is CCC1CN(C)CCN1C(=O)CN(C)C. The molecule has 4 nitrogen and oxygen atoms in total. The van der Waals surface area contributed by atoms with Gasteiger partial charge in [0.1, 0.15) is 0 Å². The number of amides is 1. The highest BCUT2D eigenvalue weighted by molar-refractivity contribution is 5.78. The molecule has 0 saturated carbocycles. The molecule has 0 aliphatic carbocycles. The Morgan fingerprint density at radius 2 is 2.07 bits per heavy atom. The van der Waals surface area contributed by atoms with Gasteiger partial charge in [-0.15, -0.1) is 0 Å². The topological polar surface area (TPSA) is 26.8 Å². The first-order chi connectivity index (χ1) is 7.04. The summed E-state index contributed by atoms with van der Waals surface area (Å²) in [4.78, 5) is 18.2. The first kappa shape index (κ1) is 12.5. The number of rotatable bonds is 3. The summed E-state index contributed by atoms with van der Waals surface area (Å²) in [6.07, 6.45) is 1.05. The number of carbonyl (C=O) groups is 1. The molecule has 1 unspecified atom stereocenters. The van der Waals surface area contributed by atoms with E-state index in [1.807, 2.05) is 23.9 Å². The van der Waals surface area contributed by atoms with Crippen molar-refractivity contribution in [2.75, 3.05) is 47.3 Å². The maximum absolute atomic E-state index is 12.0. The third kappa shape index (κ3) is 3.47. The number of hydrogen-bond donors (Lipinski definition) is 0. The molecule has 0 N–H and O–H groups in total. The lowest BCUT2D eigenvalue weighted by atomic mass is 10.1. The van der Waals surface area contributed by atoms with E-state index in [9.17, 15) is 4.79 Å². The fraction of sp³-hybridized carbons (Fsp3) is 0.909. The predicted octanol–water partition coefficient (Wildman–Crippen LogP) is 0.101. The summed E-state index contributed by atoms with van der Waals surface area (Å²) in [5.41, 5.74) is 0. The highest BCUT2D eigenvalue weighted by atomic mass is 16.2. The number of hydrogen-bond acceptors (Lipinski definition) is 3. The highest BCUT2D eigenvalue weighted by Crippen LogP contribution is 2.11. The minimum Gasteiger partial charge on any atom is -0.336 e. The van der Waals surface area contributed by atoms with Crippen LogP contribution >= 0.6 is 0 Å². The van der Waals surface area contributed by atoms with Gasteiger partial charge >= 0.3 is 0 Å². The zero-order valence-corrected chi connectivity index (χ0v) is 10.4. The summed E-state index contributed by atoms with van der Waals surface area (Å²) in [7, 11) is 6.00. The van der Waals surface area contributed by atoms with Crippen molar-refractivity contribution < 1.29 is 4.79 Å². The maximum Gasteiger partial charge on any atom is 0.237 e. The monoisotopic (exact) mass is 213 g/mol. The second kappa shape index (κ2) is 5.47. The van der Waals surface area contributed by atoms with Crippen LogP contribution in [0.3, 0.4) is 0 Å². The Balaban J connectivity index is 2.55. The molecule has 0 spiro atoms. The standard InChI is InChI=1S/C11H23N3O/c1-5-10-8-13(4)6-7-14(10)11(15)9-12(2)3/h10H,5-9H2,1-4H3. The Morgan fingerprint density at radius 1 is 1.40 bits per heavy atom. The maximum atomic E-state index is 12.0. The lowest BCUT2D eigenvalue weighted by Gasteiger charge is -2.40. The van der Waals surface area contributed by atoms with E-state index in [4.69, 9.17) is 0 Å². The van der Waals surface area contributed by atoms with Crippen molar-refractivity contribution in [1.82, 2.24) is 14.7 Å². The Labute approximate surface area is 92.8 Å². The number of piperazine rings is 1. The summed E-state index contributed by atoms with van der Waals surface area (Å²) in [6, 6.07) is 0.399. The van der Waals surface area contributed by atoms with E-state index in [0.717, 1.165) is 26.1 Å². The summed E-state index contributed by atoms with van der Waals surface area (Å²) < 4.78 is 0. The molecule has 0 radical (unpaired) electrons. The Morgan fingerprint density at radius 3 is 2.60 bits per heavy atom. The van der Waals surface area contributed by atoms with Gasteiger partial charge < -0.3 is 14.7 Å². The average molecular weight is 213 g/mol. The number of carbonyl (C=O) groups excluding carboxylic acids is 1. The van der Waals surface area contributed by atoms with E-state index in [2.05, 4.69) is 18.9 Å². The van der Waals surface area contributed by atoms with Crippen LogP contribution in [0.2, 0.25) is 0 Å². The van der Waals surface area contributed by atoms with Crippen LogP contribution in [0.4, 0.5) is 0 Å². The van der Waals surface area contributed by atoms with Gasteiger partial charge in [0.15, 0.2) is 0 Å². The van der Waals surface area contributed by atoms with Crippen LogP contribution in [-0.4, -0.2) is 74.0 Å². The third-order valence-electron chi connectivity index (χ3n) is 2.93. The lowest BCUT2D eigenvalue weighted by molar-refractivity contribution is -0.136. The Kier molecular flexibility index (Phi) is 4.54. The molecular formula is C11H23N3O. The van der Waals surface area contributed by atoms with Crippen LogP contribution in [0.1, 0.15) is 13.3 Å². The van der Waals surface area contributed by atoms with E-state index in [1.54, 1.807) is 0 Å². The zero-order chi connectivity index (χ0) is 11.4. The minimum absolute atomic E-state index is 0.264. The molecule has 0 aromatic rings. The molecule has 0 aromatic heterocycles. The smallest absolute Gasteiger partial charge is 0.237 e. The van der Waals surface area contributed by atoms with Gasteiger partial charge in [-0.05, 0) is 27.6 Å². The largest absolute Gasteiger partial charge is 0.336 e. The third-order valence-corrected chi connectivity index (χ3v) is 2.93. The number of nitrogens with zero attached hydrogens (tertiary/aromatic N) is 3. The predicted molar refractivity (Wildman–Crippen MR) is 61.8 cm³/mol. The van der Waals surface area contributed by atoms with E-state index < -0.39 is 0 Å². The molecule has 4 heteroatoms. The van der Waals surface area contributed by atoms with E-state index >= 15 is 0 Å². The van der Waals surface area contributed by atoms with Crippen LogP contribution in [0.25, 0.3) is 0 Å². The molecule has 1 atom stereocenters. The Bertz CT molecular complexity index is 218. The van der Waals surface area contributed by atoms with E-state index in [0.29, 0.717) is 12.6 Å². The average Bonchev–Trinajstić information content (AvgIpc) is 2.16. The summed E-state index contributed by atoms with van der Waals surface area (Å²) >= 11 is 0. The second-order valence-electron chi connectivity index (χ2n) is 4.65. The quantitative estimate of drug-likeness (QED) is 0.665. The number of likely N-dealkylation sites (N-methyl/N-ethyl adjacent to an activating group) is 2. The van der Waals surface area contributed by atoms with Crippen molar-refractivity contribution in [3.8, 4) is 0 Å². The van der Waals surface area contributed by atoms with E-state index in [1.165, 1.54) is 0 Å². The van der Waals surface area contributed by atoms with Crippen molar-refractivity contribution in [2.24, 2.45) is 0 Å². The molecule has 88 valence electrons. The molecule has 1 amide bonds. The zero-order valence-electron chi connectivity index (χ0n) is 10.4. The van der Waals surface area contributed by atoms with Crippen molar-refractivity contribution in [1.29, 1.82) is 0 Å². The van der Waals surface area contributed by atoms with Crippen LogP contribution in [-0.2, 0) is 4.79 Å². The molecule has 1 rings (SSSR count). The minimum atomic E-state index is 0.264. The summed E-state index contributed by atoms with van der Waals surface area (Å²) in [5.74, 6) is 0.264. The highest BCUT2D eigenvalue weighted by Gasteiger charge is 2.27. The second-order valence-corrected chi connectivity index (χ2v) is 4.65. The molecule has 0 aromatic carbocycles. The normalized spacial score (nSPS) is 23.5. The molecule has 1 aliphatic heterocycles. The van der Waals surface area contributed by atoms with Crippen molar-refractivity contribution in [3.63, 3.8) is 0 Å². The van der Waals surface area contributed by atoms with E-state index in [-0.39, 0.29) is 5.91 Å². The van der Waals surface area contributed by atoms with Gasteiger partial charge in [0.2, 0.25) is 5.91 Å². The molecule has 15 heavy (non-hydrogen) atoms. The molecule has 1 aliphatic rings. The first-order valence-electron chi connectivity index (χ1n) is 5.67. The van der Waals surface area contributed by atoms with Crippen molar-refractivity contribution >= 4 is 5.91 Å². The van der Waals surface area contributed by atoms with Gasteiger partial charge in [-0.3, -0.25) is 4.79 Å². The van der Waals surface area contributed by atoms with Gasteiger partial charge in [-0.25, -0.2) is 0 Å². The van der Waals surface area contributed by atoms with Crippen LogP contribution in [0, 0.1) is 0 Å². The molecule has 1 saturated heterocycles. The van der Waals surface area contributed by atoms with Gasteiger partial charge in [0.25, 0.3) is 0 Å². The van der Waals surface area contributed by atoms with Crippen molar-refractivity contribution in [2.45, 2.75) is 19.4 Å². The van der Waals surface area contributed by atoms with Crippen LogP contribution in [0.15, 0.2) is 0 Å². The molecule has 1 fully saturated rings. The van der Waals surface area contributed by atoms with Gasteiger partial charge in [0, 0.05) is 25.7 Å². The summed E-state index contributed by atoms with van der Waals surface area (Å²) in [6.45, 7) is 5.56. The van der Waals surface area contributed by atoms with Gasteiger partial charge in [0.05, 0.1) is 6.54 Å². The van der Waals surface area contributed by atoms with Crippen LogP contribution in [0.5, 0.6) is 0 Å². The molecule has 1 heterocycles. The summed E-state index contributed by atoms with van der Waals surface area (Å²) in [5, 5.41) is 0. The van der Waals surface area contributed by atoms with Gasteiger partial charge in [-0.2, -0.15) is 0 Å². The molecular weight excluding hydrogens is 190 g/mol. The fourth-order valence-electron chi connectivity index (χ4n) is 2.05. The lowest BCUT2D eigenvalue weighted by Crippen LogP contribution is -2.55. The van der Waals surface area contributed by atoms with Gasteiger partial charge in [-0.1, -0.05) is 6.92 Å². The molecule has 0 bridgehead atoms. The first-order valence-corrected chi connectivity index (χ1v) is 5.67. The van der Waals surface area contributed by atoms with Crippen LogP contribution < -0.4 is 0 Å². The Hall–Kier alpha value is -0.610. The fourth-order valence-corrected chi connectivity index (χ4v) is 2.05. The van der Waals surface area contributed by atoms with Crippen molar-refractivity contribution in [3.05, 3.63) is 0 Å².